The first-order chi connectivity index (χ1) is 30.9. The highest BCUT2D eigenvalue weighted by Crippen LogP contribution is 2.33. The summed E-state index contributed by atoms with van der Waals surface area (Å²) in [5, 5.41) is 11.9. The van der Waals surface area contributed by atoms with Crippen molar-refractivity contribution in [3.05, 3.63) is 12.2 Å². The van der Waals surface area contributed by atoms with Crippen LogP contribution in [-0.2, 0) is 71.3 Å². The minimum Gasteiger partial charge on any atom is -0.377 e. The van der Waals surface area contributed by atoms with Gasteiger partial charge < -0.3 is 73.4 Å². The van der Waals surface area contributed by atoms with Gasteiger partial charge in [0.1, 0.15) is 0 Å². The Labute approximate surface area is 375 Å². The molecule has 21 nitrogen and oxygen atoms in total. The highest BCUT2D eigenvalue weighted by molar-refractivity contribution is 8.00. The van der Waals surface area contributed by atoms with Crippen LogP contribution >= 0.6 is 11.8 Å². The highest BCUT2D eigenvalue weighted by atomic mass is 32.2. The molecule has 0 spiro atoms. The SMILES string of the molecule is O=C(CCCC[C@@H]1SC[C@H]2NC(=O)N[C@@H]12)NCCOCCOCCOCCOCCOCCOCCOCCOCCOCCOCCOCCNC(=O)CCN1C(=O)C=CC1=O. The average molecular weight is 922 g/mol. The predicted molar refractivity (Wildman–Crippen MR) is 229 cm³/mol. The first-order valence-electron chi connectivity index (χ1n) is 22.0. The molecular formula is C41H71N5O16S. The van der Waals surface area contributed by atoms with Gasteiger partial charge in [0.2, 0.25) is 11.8 Å². The molecule has 3 heterocycles. The van der Waals surface area contributed by atoms with Crippen LogP contribution < -0.4 is 21.3 Å². The summed E-state index contributed by atoms with van der Waals surface area (Å²) >= 11 is 1.90. The van der Waals surface area contributed by atoms with Gasteiger partial charge in [0.25, 0.3) is 11.8 Å². The quantitative estimate of drug-likeness (QED) is 0.0341. The van der Waals surface area contributed by atoms with Gasteiger partial charge in [-0.05, 0) is 12.8 Å². The minimum absolute atomic E-state index is 0.0351. The number of rotatable bonds is 44. The van der Waals surface area contributed by atoms with E-state index in [9.17, 15) is 24.0 Å². The normalized spacial score (nSPS) is 18.0. The zero-order valence-corrected chi connectivity index (χ0v) is 37.5. The van der Waals surface area contributed by atoms with Crippen molar-refractivity contribution >= 4 is 41.4 Å². The van der Waals surface area contributed by atoms with Crippen LogP contribution in [0.25, 0.3) is 0 Å². The van der Waals surface area contributed by atoms with Crippen molar-refractivity contribution in [1.82, 2.24) is 26.2 Å². The second-order valence-corrected chi connectivity index (χ2v) is 15.5. The number of imide groups is 1. The number of hydrogen-bond donors (Lipinski definition) is 4. The number of fused-ring (bicyclic) bond motifs is 1. The Balaban J connectivity index is 0.885. The first-order valence-corrected chi connectivity index (χ1v) is 23.1. The van der Waals surface area contributed by atoms with Crippen molar-refractivity contribution in [2.75, 3.05) is 171 Å². The van der Waals surface area contributed by atoms with Gasteiger partial charge in [-0.3, -0.25) is 24.1 Å². The largest absolute Gasteiger partial charge is 0.377 e. The second-order valence-electron chi connectivity index (χ2n) is 14.2. The van der Waals surface area contributed by atoms with E-state index in [4.69, 9.17) is 52.1 Å². The van der Waals surface area contributed by atoms with E-state index in [-0.39, 0.29) is 42.9 Å². The Hall–Kier alpha value is -3.00. The Kier molecular flexibility index (Phi) is 32.1. The summed E-state index contributed by atoms with van der Waals surface area (Å²) in [6.45, 7) is 10.7. The zero-order chi connectivity index (χ0) is 44.8. The maximum Gasteiger partial charge on any atom is 0.315 e. The van der Waals surface area contributed by atoms with E-state index in [0.717, 1.165) is 29.9 Å². The number of hydrogen-bond acceptors (Lipinski definition) is 17. The lowest BCUT2D eigenvalue weighted by Crippen LogP contribution is -2.36. The molecule has 0 bridgehead atoms. The summed E-state index contributed by atoms with van der Waals surface area (Å²) in [6.07, 6.45) is 5.73. The third-order valence-corrected chi connectivity index (χ3v) is 10.9. The molecule has 2 saturated heterocycles. The maximum atomic E-state index is 12.1. The van der Waals surface area contributed by atoms with E-state index < -0.39 is 11.8 Å². The standard InChI is InChI=1S/C41H71N5O16S/c47-36(4-2-1-3-35-40-34(33-63-35)44-41(51)45-40)42-8-11-52-13-15-54-17-19-56-21-23-58-25-27-60-29-31-62-32-30-61-28-26-59-24-22-57-20-18-55-16-14-53-12-9-43-37(48)7-10-46-38(49)5-6-39(46)50/h5-6,34-35,40H,1-4,7-33H2,(H,42,47)(H,43,48)(H2,44,45,51)/t34-,35+,40-/m1/s1. The van der Waals surface area contributed by atoms with Crippen LogP contribution in [0, 0.1) is 0 Å². The third-order valence-electron chi connectivity index (χ3n) is 9.40. The molecule has 4 N–H and O–H groups in total. The second kappa shape index (κ2) is 37.2. The summed E-state index contributed by atoms with van der Waals surface area (Å²) in [4.78, 5) is 59.3. The van der Waals surface area contributed by atoms with E-state index in [1.54, 1.807) is 0 Å². The Bertz CT molecular complexity index is 1270. The number of carbonyl (C=O) groups excluding carboxylic acids is 5. The number of nitrogens with one attached hydrogen (secondary N) is 4. The molecule has 0 aromatic heterocycles. The molecule has 362 valence electrons. The summed E-state index contributed by atoms with van der Waals surface area (Å²) in [5.74, 6) is -0.0718. The number of unbranched alkanes of at least 4 members (excludes halogenated alkanes) is 1. The van der Waals surface area contributed by atoms with Crippen LogP contribution in [0.15, 0.2) is 12.2 Å². The fraction of sp³-hybridized carbons (Fsp3) is 0.829. The molecule has 3 rings (SSSR count). The van der Waals surface area contributed by atoms with E-state index >= 15 is 0 Å². The minimum atomic E-state index is -0.401. The summed E-state index contributed by atoms with van der Waals surface area (Å²) < 4.78 is 60.3. The molecule has 0 aromatic rings. The van der Waals surface area contributed by atoms with Crippen molar-refractivity contribution < 1.29 is 76.1 Å². The smallest absolute Gasteiger partial charge is 0.315 e. The van der Waals surface area contributed by atoms with Crippen LogP contribution in [0.2, 0.25) is 0 Å². The molecule has 0 aliphatic carbocycles. The van der Waals surface area contributed by atoms with Crippen molar-refractivity contribution in [1.29, 1.82) is 0 Å². The molecule has 6 amide bonds. The molecular weight excluding hydrogens is 851 g/mol. The average Bonchev–Trinajstić information content (AvgIpc) is 3.94. The Morgan fingerprint density at radius 2 is 0.889 bits per heavy atom. The molecule has 0 radical (unpaired) electrons. The first kappa shape index (κ1) is 54.3. The number of urea groups is 1. The van der Waals surface area contributed by atoms with Crippen LogP contribution in [-0.4, -0.2) is 223 Å². The lowest BCUT2D eigenvalue weighted by molar-refractivity contribution is -0.137. The summed E-state index contributed by atoms with van der Waals surface area (Å²) in [6, 6.07) is 0.386. The Morgan fingerprint density at radius 3 is 1.29 bits per heavy atom. The molecule has 22 heteroatoms. The van der Waals surface area contributed by atoms with Gasteiger partial charge in [-0.15, -0.1) is 0 Å². The van der Waals surface area contributed by atoms with Gasteiger partial charge >= 0.3 is 6.03 Å². The van der Waals surface area contributed by atoms with E-state index in [2.05, 4.69) is 21.3 Å². The van der Waals surface area contributed by atoms with Gasteiger partial charge in [-0.2, -0.15) is 11.8 Å². The van der Waals surface area contributed by atoms with Crippen LogP contribution in [0.4, 0.5) is 4.79 Å². The monoisotopic (exact) mass is 921 g/mol. The van der Waals surface area contributed by atoms with E-state index in [0.29, 0.717) is 170 Å². The number of ether oxygens (including phenoxy) is 11. The lowest BCUT2D eigenvalue weighted by Gasteiger charge is -2.16. The fourth-order valence-electron chi connectivity index (χ4n) is 6.14. The Morgan fingerprint density at radius 1 is 0.524 bits per heavy atom. The van der Waals surface area contributed by atoms with Crippen molar-refractivity contribution in [2.24, 2.45) is 0 Å². The van der Waals surface area contributed by atoms with Gasteiger partial charge in [-0.25, -0.2) is 4.79 Å². The number of nitrogens with zero attached hydrogens (tertiary/aromatic N) is 1. The van der Waals surface area contributed by atoms with E-state index in [1.807, 2.05) is 11.8 Å². The maximum absolute atomic E-state index is 12.1. The summed E-state index contributed by atoms with van der Waals surface area (Å²) in [5.41, 5.74) is 0. The molecule has 3 aliphatic heterocycles. The molecule has 0 aromatic carbocycles. The molecule has 3 atom stereocenters. The number of amides is 6. The van der Waals surface area contributed by atoms with Crippen LogP contribution in [0.1, 0.15) is 32.1 Å². The molecule has 63 heavy (non-hydrogen) atoms. The van der Waals surface area contributed by atoms with Gasteiger partial charge in [0, 0.05) is 55.6 Å². The predicted octanol–water partition coefficient (Wildman–Crippen LogP) is -0.558. The van der Waals surface area contributed by atoms with Crippen molar-refractivity contribution in [3.63, 3.8) is 0 Å². The molecule has 3 aliphatic rings. The number of carbonyl (C=O) groups is 5. The van der Waals surface area contributed by atoms with Crippen molar-refractivity contribution in [3.8, 4) is 0 Å². The van der Waals surface area contributed by atoms with Gasteiger partial charge in [0.15, 0.2) is 0 Å². The number of thioether (sulfide) groups is 1. The van der Waals surface area contributed by atoms with E-state index in [1.165, 1.54) is 12.2 Å². The fourth-order valence-corrected chi connectivity index (χ4v) is 7.69. The van der Waals surface area contributed by atoms with Gasteiger partial charge in [0.05, 0.1) is 157 Å². The zero-order valence-electron chi connectivity index (χ0n) is 36.7. The molecule has 0 unspecified atom stereocenters. The van der Waals surface area contributed by atoms with Crippen molar-refractivity contribution in [2.45, 2.75) is 49.4 Å². The summed E-state index contributed by atoms with van der Waals surface area (Å²) in [7, 11) is 0. The third kappa shape index (κ3) is 27.8. The highest BCUT2D eigenvalue weighted by Gasteiger charge is 2.42. The lowest BCUT2D eigenvalue weighted by atomic mass is 10.0. The van der Waals surface area contributed by atoms with Crippen LogP contribution in [0.5, 0.6) is 0 Å². The van der Waals surface area contributed by atoms with Crippen LogP contribution in [0.3, 0.4) is 0 Å². The molecule has 0 saturated carbocycles. The topological polar surface area (TPSA) is 238 Å². The molecule has 2 fully saturated rings. The van der Waals surface area contributed by atoms with Gasteiger partial charge in [-0.1, -0.05) is 6.42 Å².